The predicted molar refractivity (Wildman–Crippen MR) is 89.1 cm³/mol. The molecule has 1 amide bonds. The first kappa shape index (κ1) is 19.2. The molecule has 1 saturated heterocycles. The molecule has 2 N–H and O–H groups in total. The van der Waals surface area contributed by atoms with Crippen LogP contribution >= 0.6 is 0 Å². The highest BCUT2D eigenvalue weighted by atomic mass is 16.6. The van der Waals surface area contributed by atoms with E-state index in [1.165, 1.54) is 0 Å². The molecule has 130 valence electrons. The second-order valence-electron chi connectivity index (χ2n) is 7.28. The van der Waals surface area contributed by atoms with Crippen LogP contribution in [0.15, 0.2) is 0 Å². The molecule has 0 bridgehead atoms. The number of rotatable bonds is 8. The summed E-state index contributed by atoms with van der Waals surface area (Å²) < 4.78 is 11.1. The number of alkyl carbamates (subject to hydrolysis) is 1. The first-order chi connectivity index (χ1) is 10.3. The molecule has 0 aliphatic carbocycles. The van der Waals surface area contributed by atoms with Crippen LogP contribution in [0.1, 0.15) is 66.7 Å². The summed E-state index contributed by atoms with van der Waals surface area (Å²) in [6.07, 6.45) is 5.95. The van der Waals surface area contributed by atoms with Gasteiger partial charge in [0.1, 0.15) is 5.60 Å². The van der Waals surface area contributed by atoms with Gasteiger partial charge in [0, 0.05) is 19.1 Å². The first-order valence-corrected chi connectivity index (χ1v) is 8.66. The van der Waals surface area contributed by atoms with E-state index in [4.69, 9.17) is 9.47 Å². The van der Waals surface area contributed by atoms with Crippen molar-refractivity contribution in [2.24, 2.45) is 0 Å². The van der Waals surface area contributed by atoms with Crippen LogP contribution in [-0.4, -0.2) is 43.0 Å². The molecule has 1 aliphatic rings. The van der Waals surface area contributed by atoms with Gasteiger partial charge in [0.2, 0.25) is 0 Å². The Bertz CT molecular complexity index is 328. The lowest BCUT2D eigenvalue weighted by atomic mass is 10.1. The lowest BCUT2D eigenvalue weighted by Crippen LogP contribution is -2.44. The van der Waals surface area contributed by atoms with E-state index in [1.807, 2.05) is 20.8 Å². The monoisotopic (exact) mass is 314 g/mol. The molecule has 0 saturated carbocycles. The van der Waals surface area contributed by atoms with Gasteiger partial charge in [0.15, 0.2) is 0 Å². The minimum Gasteiger partial charge on any atom is -0.444 e. The van der Waals surface area contributed by atoms with Gasteiger partial charge in [-0.1, -0.05) is 19.8 Å². The van der Waals surface area contributed by atoms with Crippen molar-refractivity contribution in [1.29, 1.82) is 0 Å². The van der Waals surface area contributed by atoms with Crippen molar-refractivity contribution in [1.82, 2.24) is 10.6 Å². The number of amides is 1. The SMILES string of the molecule is CCCCC(CNC(=O)OC(C)(C)C)NCC1CCC(C)O1. The van der Waals surface area contributed by atoms with Gasteiger partial charge in [-0.2, -0.15) is 0 Å². The molecule has 1 heterocycles. The summed E-state index contributed by atoms with van der Waals surface area (Å²) >= 11 is 0. The quantitative estimate of drug-likeness (QED) is 0.722. The summed E-state index contributed by atoms with van der Waals surface area (Å²) in [6, 6.07) is 0.270. The van der Waals surface area contributed by atoms with E-state index in [2.05, 4.69) is 24.5 Å². The molecule has 0 spiro atoms. The van der Waals surface area contributed by atoms with Crippen LogP contribution in [0.4, 0.5) is 4.79 Å². The van der Waals surface area contributed by atoms with Crippen LogP contribution in [0.25, 0.3) is 0 Å². The zero-order valence-corrected chi connectivity index (χ0v) is 14.9. The third-order valence-corrected chi connectivity index (χ3v) is 3.75. The molecule has 0 radical (unpaired) electrons. The Morgan fingerprint density at radius 3 is 2.64 bits per heavy atom. The highest BCUT2D eigenvalue weighted by molar-refractivity contribution is 5.67. The molecule has 1 fully saturated rings. The van der Waals surface area contributed by atoms with E-state index < -0.39 is 5.60 Å². The highest BCUT2D eigenvalue weighted by Gasteiger charge is 2.23. The molecule has 3 atom stereocenters. The van der Waals surface area contributed by atoms with Crippen LogP contribution < -0.4 is 10.6 Å². The van der Waals surface area contributed by atoms with Gasteiger partial charge in [-0.25, -0.2) is 4.79 Å². The highest BCUT2D eigenvalue weighted by Crippen LogP contribution is 2.18. The minimum absolute atomic E-state index is 0.270. The van der Waals surface area contributed by atoms with Crippen LogP contribution in [-0.2, 0) is 9.47 Å². The van der Waals surface area contributed by atoms with E-state index in [0.29, 0.717) is 18.8 Å². The van der Waals surface area contributed by atoms with Gasteiger partial charge in [0.25, 0.3) is 0 Å². The normalized spacial score (nSPS) is 23.3. The largest absolute Gasteiger partial charge is 0.444 e. The molecule has 5 heteroatoms. The first-order valence-electron chi connectivity index (χ1n) is 8.66. The van der Waals surface area contributed by atoms with Crippen molar-refractivity contribution < 1.29 is 14.3 Å². The van der Waals surface area contributed by atoms with Crippen LogP contribution in [0.3, 0.4) is 0 Å². The summed E-state index contributed by atoms with van der Waals surface area (Å²) in [5, 5.41) is 6.41. The molecule has 0 aromatic heterocycles. The zero-order valence-electron chi connectivity index (χ0n) is 14.9. The van der Waals surface area contributed by atoms with Gasteiger partial charge in [-0.05, 0) is 47.0 Å². The van der Waals surface area contributed by atoms with Crippen molar-refractivity contribution in [3.63, 3.8) is 0 Å². The smallest absolute Gasteiger partial charge is 0.407 e. The van der Waals surface area contributed by atoms with E-state index in [9.17, 15) is 4.79 Å². The maximum atomic E-state index is 11.8. The Kier molecular flexibility index (Phi) is 8.18. The van der Waals surface area contributed by atoms with Gasteiger partial charge >= 0.3 is 6.09 Å². The van der Waals surface area contributed by atoms with E-state index in [1.54, 1.807) is 0 Å². The molecule has 5 nitrogen and oxygen atoms in total. The lowest BCUT2D eigenvalue weighted by Gasteiger charge is -2.23. The second-order valence-corrected chi connectivity index (χ2v) is 7.28. The fourth-order valence-corrected chi connectivity index (χ4v) is 2.58. The number of carbonyl (C=O) groups excluding carboxylic acids is 1. The van der Waals surface area contributed by atoms with E-state index >= 15 is 0 Å². The number of unbranched alkanes of at least 4 members (excludes halogenated alkanes) is 1. The van der Waals surface area contributed by atoms with Gasteiger partial charge in [0.05, 0.1) is 12.2 Å². The summed E-state index contributed by atoms with van der Waals surface area (Å²) in [5.74, 6) is 0. The number of hydrogen-bond donors (Lipinski definition) is 2. The molecule has 1 aliphatic heterocycles. The fourth-order valence-electron chi connectivity index (χ4n) is 2.58. The van der Waals surface area contributed by atoms with Gasteiger partial charge in [-0.3, -0.25) is 0 Å². The Balaban J connectivity index is 2.31. The van der Waals surface area contributed by atoms with Crippen LogP contribution in [0, 0.1) is 0 Å². The van der Waals surface area contributed by atoms with Crippen LogP contribution in [0.5, 0.6) is 0 Å². The molecule has 3 unspecified atom stereocenters. The predicted octanol–water partition coefficient (Wildman–Crippen LogP) is 3.23. The van der Waals surface area contributed by atoms with E-state index in [0.717, 1.165) is 38.6 Å². The molecule has 22 heavy (non-hydrogen) atoms. The van der Waals surface area contributed by atoms with E-state index in [-0.39, 0.29) is 12.1 Å². The molecular formula is C17H34N2O3. The summed E-state index contributed by atoms with van der Waals surface area (Å²) in [4.78, 5) is 11.8. The summed E-state index contributed by atoms with van der Waals surface area (Å²) in [7, 11) is 0. The van der Waals surface area contributed by atoms with Crippen molar-refractivity contribution in [3.05, 3.63) is 0 Å². The molecule has 1 rings (SSSR count). The van der Waals surface area contributed by atoms with Crippen molar-refractivity contribution in [2.75, 3.05) is 13.1 Å². The van der Waals surface area contributed by atoms with Crippen LogP contribution in [0.2, 0.25) is 0 Å². The molecule has 0 aromatic carbocycles. The lowest BCUT2D eigenvalue weighted by molar-refractivity contribution is 0.0500. The number of carbonyl (C=O) groups is 1. The van der Waals surface area contributed by atoms with Crippen molar-refractivity contribution >= 4 is 6.09 Å². The third-order valence-electron chi connectivity index (χ3n) is 3.75. The maximum Gasteiger partial charge on any atom is 0.407 e. The van der Waals surface area contributed by atoms with Gasteiger partial charge < -0.3 is 20.1 Å². The summed E-state index contributed by atoms with van der Waals surface area (Å²) in [6.45, 7) is 11.4. The summed E-state index contributed by atoms with van der Waals surface area (Å²) in [5.41, 5.74) is -0.454. The third kappa shape index (κ3) is 8.59. The number of ether oxygens (including phenoxy) is 2. The fraction of sp³-hybridized carbons (Fsp3) is 0.941. The Morgan fingerprint density at radius 2 is 2.09 bits per heavy atom. The Hall–Kier alpha value is -0.810. The maximum absolute atomic E-state index is 11.8. The Morgan fingerprint density at radius 1 is 1.36 bits per heavy atom. The van der Waals surface area contributed by atoms with Crippen molar-refractivity contribution in [3.8, 4) is 0 Å². The van der Waals surface area contributed by atoms with Crippen molar-refractivity contribution in [2.45, 2.75) is 90.6 Å². The number of nitrogens with one attached hydrogen (secondary N) is 2. The van der Waals surface area contributed by atoms with Gasteiger partial charge in [-0.15, -0.1) is 0 Å². The molecule has 0 aromatic rings. The average Bonchev–Trinajstić information content (AvgIpc) is 2.81. The minimum atomic E-state index is -0.454. The Labute approximate surface area is 135 Å². The topological polar surface area (TPSA) is 59.6 Å². The standard InChI is InChI=1S/C17H34N2O3/c1-6-7-8-14(11-19-16(20)22-17(3,4)5)18-12-15-10-9-13(2)21-15/h13-15,18H,6-12H2,1-5H3,(H,19,20). The second kappa shape index (κ2) is 9.36. The number of hydrogen-bond acceptors (Lipinski definition) is 4. The zero-order chi connectivity index (χ0) is 16.6. The molecular weight excluding hydrogens is 280 g/mol. The average molecular weight is 314 g/mol.